The van der Waals surface area contributed by atoms with Crippen molar-refractivity contribution in [3.05, 3.63) is 28.5 Å². The van der Waals surface area contributed by atoms with Crippen LogP contribution >= 0.6 is 11.6 Å². The minimum Gasteiger partial charge on any atom is -0.349 e. The summed E-state index contributed by atoms with van der Waals surface area (Å²) in [6.07, 6.45) is 3.79. The highest BCUT2D eigenvalue weighted by Crippen LogP contribution is 2.15. The highest BCUT2D eigenvalue weighted by atomic mass is 35.5. The molecule has 2 atom stereocenters. The van der Waals surface area contributed by atoms with E-state index in [0.29, 0.717) is 22.8 Å². The van der Waals surface area contributed by atoms with Crippen molar-refractivity contribution >= 4 is 28.3 Å². The molecule has 18 heavy (non-hydrogen) atoms. The fraction of sp³-hybridized carbons (Fsp3) is 0.500. The van der Waals surface area contributed by atoms with Crippen LogP contribution in [0.5, 0.6) is 0 Å². The van der Waals surface area contributed by atoms with Crippen molar-refractivity contribution in [2.24, 2.45) is 0 Å². The van der Waals surface area contributed by atoms with E-state index in [4.69, 9.17) is 11.6 Å². The lowest BCUT2D eigenvalue weighted by atomic mass is 10.2. The number of aromatic nitrogens is 1. The quantitative estimate of drug-likeness (QED) is 0.901. The molecule has 0 aliphatic heterocycles. The number of nitrogens with one attached hydrogen (secondary N) is 1. The van der Waals surface area contributed by atoms with Crippen LogP contribution in [0.4, 0.5) is 0 Å². The number of carbonyl (C=O) groups excluding carboxylic acids is 1. The summed E-state index contributed by atoms with van der Waals surface area (Å²) < 4.78 is 11.0. The van der Waals surface area contributed by atoms with E-state index in [0.717, 1.165) is 5.69 Å². The van der Waals surface area contributed by atoms with Crippen LogP contribution in [0.1, 0.15) is 29.4 Å². The second kappa shape index (κ2) is 6.85. The lowest BCUT2D eigenvalue weighted by molar-refractivity contribution is 0.0939. The summed E-state index contributed by atoms with van der Waals surface area (Å²) in [5, 5.41) is 3.21. The van der Waals surface area contributed by atoms with Crippen LogP contribution in [0, 0.1) is 6.92 Å². The first-order valence-corrected chi connectivity index (χ1v) is 7.73. The molecular formula is C12H17ClN2O2S. The third-order valence-electron chi connectivity index (χ3n) is 2.45. The van der Waals surface area contributed by atoms with E-state index < -0.39 is 10.8 Å². The van der Waals surface area contributed by atoms with Gasteiger partial charge in [-0.3, -0.25) is 14.0 Å². The van der Waals surface area contributed by atoms with Crippen LogP contribution < -0.4 is 5.32 Å². The van der Waals surface area contributed by atoms with Gasteiger partial charge in [-0.1, -0.05) is 11.6 Å². The summed E-state index contributed by atoms with van der Waals surface area (Å²) in [4.78, 5) is 16.0. The Labute approximate surface area is 115 Å². The Hall–Kier alpha value is -0.940. The van der Waals surface area contributed by atoms with Gasteiger partial charge in [-0.15, -0.1) is 0 Å². The minimum absolute atomic E-state index is 0.0428. The summed E-state index contributed by atoms with van der Waals surface area (Å²) in [6.45, 7) is 3.69. The standard InChI is InChI=1S/C12H17ClN2O2S/c1-8(4-5-18(3)17)15-12(16)10-7-14-9(2)6-11(10)13/h6-8H,4-5H2,1-3H3,(H,15,16). The molecule has 6 heteroatoms. The molecule has 0 aliphatic rings. The average Bonchev–Trinajstić information content (AvgIpc) is 2.26. The third kappa shape index (κ3) is 4.74. The van der Waals surface area contributed by atoms with Crippen molar-refractivity contribution in [3.63, 3.8) is 0 Å². The van der Waals surface area contributed by atoms with Gasteiger partial charge < -0.3 is 5.32 Å². The molecule has 0 bridgehead atoms. The highest BCUT2D eigenvalue weighted by Gasteiger charge is 2.13. The molecule has 100 valence electrons. The van der Waals surface area contributed by atoms with Gasteiger partial charge in [0, 0.05) is 40.7 Å². The highest BCUT2D eigenvalue weighted by molar-refractivity contribution is 7.84. The Morgan fingerprint density at radius 2 is 2.28 bits per heavy atom. The second-order valence-corrected chi connectivity index (χ2v) is 6.21. The largest absolute Gasteiger partial charge is 0.349 e. The van der Waals surface area contributed by atoms with Crippen molar-refractivity contribution in [1.82, 2.24) is 10.3 Å². The Morgan fingerprint density at radius 3 is 2.83 bits per heavy atom. The summed E-state index contributed by atoms with van der Waals surface area (Å²) in [6, 6.07) is 1.61. The number of nitrogens with zero attached hydrogens (tertiary/aromatic N) is 1. The molecule has 2 unspecified atom stereocenters. The summed E-state index contributed by atoms with van der Waals surface area (Å²) in [5.74, 6) is 0.323. The fourth-order valence-electron chi connectivity index (χ4n) is 1.41. The Bertz CT molecular complexity index is 465. The zero-order chi connectivity index (χ0) is 13.7. The van der Waals surface area contributed by atoms with Gasteiger partial charge >= 0.3 is 0 Å². The first-order valence-electron chi connectivity index (χ1n) is 5.63. The first kappa shape index (κ1) is 15.1. The summed E-state index contributed by atoms with van der Waals surface area (Å²) in [5.41, 5.74) is 1.14. The van der Waals surface area contributed by atoms with E-state index >= 15 is 0 Å². The summed E-state index contributed by atoms with van der Waals surface area (Å²) >= 11 is 5.99. The molecule has 0 aromatic carbocycles. The van der Waals surface area contributed by atoms with E-state index in [2.05, 4.69) is 10.3 Å². The van der Waals surface area contributed by atoms with Gasteiger partial charge in [-0.05, 0) is 26.3 Å². The first-order chi connectivity index (χ1) is 8.40. The van der Waals surface area contributed by atoms with E-state index in [9.17, 15) is 9.00 Å². The molecule has 1 heterocycles. The monoisotopic (exact) mass is 288 g/mol. The van der Waals surface area contributed by atoms with Gasteiger partial charge in [0.1, 0.15) is 0 Å². The van der Waals surface area contributed by atoms with Crippen LogP contribution in [0.25, 0.3) is 0 Å². The predicted octanol–water partition coefficient (Wildman–Crippen LogP) is 1.93. The molecular weight excluding hydrogens is 272 g/mol. The fourth-order valence-corrected chi connectivity index (χ4v) is 2.39. The number of pyridine rings is 1. The number of amides is 1. The van der Waals surface area contributed by atoms with E-state index in [1.54, 1.807) is 12.3 Å². The molecule has 1 amide bonds. The smallest absolute Gasteiger partial charge is 0.254 e. The van der Waals surface area contributed by atoms with Gasteiger partial charge in [0.2, 0.25) is 0 Å². The maximum absolute atomic E-state index is 11.9. The van der Waals surface area contributed by atoms with Gasteiger partial charge in [0.05, 0.1) is 10.6 Å². The zero-order valence-electron chi connectivity index (χ0n) is 10.7. The Morgan fingerprint density at radius 1 is 1.61 bits per heavy atom. The molecule has 1 rings (SSSR count). The number of aryl methyl sites for hydroxylation is 1. The van der Waals surface area contributed by atoms with Gasteiger partial charge in [-0.25, -0.2) is 0 Å². The molecule has 0 aliphatic carbocycles. The van der Waals surface area contributed by atoms with Gasteiger partial charge in [-0.2, -0.15) is 0 Å². The Balaban J connectivity index is 2.62. The third-order valence-corrected chi connectivity index (χ3v) is 3.57. The molecule has 0 fully saturated rings. The van der Waals surface area contributed by atoms with Crippen molar-refractivity contribution in [2.75, 3.05) is 12.0 Å². The van der Waals surface area contributed by atoms with Crippen LogP contribution in [0.3, 0.4) is 0 Å². The normalized spacial score (nSPS) is 14.0. The molecule has 1 aromatic heterocycles. The maximum Gasteiger partial charge on any atom is 0.254 e. The number of hydrogen-bond acceptors (Lipinski definition) is 3. The van der Waals surface area contributed by atoms with Crippen LogP contribution in [-0.2, 0) is 10.8 Å². The van der Waals surface area contributed by atoms with Crippen molar-refractivity contribution in [2.45, 2.75) is 26.3 Å². The predicted molar refractivity (Wildman–Crippen MR) is 74.5 cm³/mol. The van der Waals surface area contributed by atoms with Gasteiger partial charge in [0.25, 0.3) is 5.91 Å². The summed E-state index contributed by atoms with van der Waals surface area (Å²) in [7, 11) is -0.843. The zero-order valence-corrected chi connectivity index (χ0v) is 12.3. The molecule has 0 saturated carbocycles. The molecule has 1 N–H and O–H groups in total. The number of halogens is 1. The molecule has 0 spiro atoms. The van der Waals surface area contributed by atoms with E-state index in [1.807, 2.05) is 13.8 Å². The number of rotatable bonds is 5. The lowest BCUT2D eigenvalue weighted by Gasteiger charge is -2.13. The van der Waals surface area contributed by atoms with Crippen LogP contribution in [0.15, 0.2) is 12.3 Å². The van der Waals surface area contributed by atoms with Gasteiger partial charge in [0.15, 0.2) is 0 Å². The van der Waals surface area contributed by atoms with Crippen LogP contribution in [-0.4, -0.2) is 33.2 Å². The Kier molecular flexibility index (Phi) is 5.75. The number of carbonyl (C=O) groups is 1. The average molecular weight is 289 g/mol. The van der Waals surface area contributed by atoms with E-state index in [1.165, 1.54) is 6.20 Å². The van der Waals surface area contributed by atoms with E-state index in [-0.39, 0.29) is 11.9 Å². The van der Waals surface area contributed by atoms with Crippen molar-refractivity contribution in [3.8, 4) is 0 Å². The maximum atomic E-state index is 11.9. The molecule has 0 saturated heterocycles. The second-order valence-electron chi connectivity index (χ2n) is 4.25. The topological polar surface area (TPSA) is 59.1 Å². The van der Waals surface area contributed by atoms with Crippen LogP contribution in [0.2, 0.25) is 5.02 Å². The minimum atomic E-state index is -0.843. The molecule has 4 nitrogen and oxygen atoms in total. The van der Waals surface area contributed by atoms with Crippen molar-refractivity contribution < 1.29 is 9.00 Å². The number of hydrogen-bond donors (Lipinski definition) is 1. The SMILES string of the molecule is Cc1cc(Cl)c(C(=O)NC(C)CCS(C)=O)cn1. The lowest BCUT2D eigenvalue weighted by Crippen LogP contribution is -2.33. The molecule has 0 radical (unpaired) electrons. The van der Waals surface area contributed by atoms with Crippen molar-refractivity contribution in [1.29, 1.82) is 0 Å². The molecule has 1 aromatic rings.